The number of nitrogens with zero attached hydrogens (tertiary/aromatic N) is 2. The Kier molecular flexibility index (Phi) is 4.59. The lowest BCUT2D eigenvalue weighted by atomic mass is 10.1. The molecular formula is C15H24N2O. The first-order chi connectivity index (χ1) is 8.72. The van der Waals surface area contributed by atoms with Crippen molar-refractivity contribution in [1.29, 1.82) is 0 Å². The molecule has 0 aromatic carbocycles. The van der Waals surface area contributed by atoms with Crippen LogP contribution >= 0.6 is 0 Å². The molecule has 1 aliphatic heterocycles. The number of piperidine rings is 1. The van der Waals surface area contributed by atoms with Gasteiger partial charge in [0, 0.05) is 23.5 Å². The third kappa shape index (κ3) is 3.02. The zero-order chi connectivity index (χ0) is 13.0. The number of carbonyl (C=O) groups is 1. The van der Waals surface area contributed by atoms with Crippen molar-refractivity contribution in [2.45, 2.75) is 46.1 Å². The first kappa shape index (κ1) is 13.3. The maximum atomic E-state index is 10.9. The maximum Gasteiger partial charge on any atom is 0.151 e. The van der Waals surface area contributed by atoms with Crippen molar-refractivity contribution in [2.24, 2.45) is 0 Å². The number of aryl methyl sites for hydroxylation is 1. The fourth-order valence-corrected chi connectivity index (χ4v) is 2.93. The van der Waals surface area contributed by atoms with Crippen molar-refractivity contribution >= 4 is 6.29 Å². The quantitative estimate of drug-likeness (QED) is 0.749. The Morgan fingerprint density at radius 1 is 1.17 bits per heavy atom. The summed E-state index contributed by atoms with van der Waals surface area (Å²) in [7, 11) is 0. The molecule has 2 heterocycles. The molecule has 1 aliphatic rings. The van der Waals surface area contributed by atoms with Gasteiger partial charge in [0.1, 0.15) is 0 Å². The van der Waals surface area contributed by atoms with Crippen LogP contribution in [-0.2, 0) is 6.54 Å². The van der Waals surface area contributed by atoms with Crippen LogP contribution in [0.25, 0.3) is 0 Å². The maximum absolute atomic E-state index is 10.9. The SMILES string of the molecule is Cc1cc(C=O)c(C)n1CCCN1CCCCC1. The van der Waals surface area contributed by atoms with Gasteiger partial charge in [0.25, 0.3) is 0 Å². The van der Waals surface area contributed by atoms with E-state index in [1.807, 2.05) is 13.0 Å². The molecule has 2 rings (SSSR count). The van der Waals surface area contributed by atoms with Crippen molar-refractivity contribution in [3.63, 3.8) is 0 Å². The van der Waals surface area contributed by atoms with Gasteiger partial charge in [0.15, 0.2) is 6.29 Å². The number of hydrogen-bond acceptors (Lipinski definition) is 2. The molecule has 18 heavy (non-hydrogen) atoms. The highest BCUT2D eigenvalue weighted by atomic mass is 16.1. The molecule has 0 N–H and O–H groups in total. The Morgan fingerprint density at radius 3 is 2.50 bits per heavy atom. The van der Waals surface area contributed by atoms with Gasteiger partial charge in [-0.25, -0.2) is 0 Å². The topological polar surface area (TPSA) is 25.2 Å². The minimum atomic E-state index is 0.838. The minimum absolute atomic E-state index is 0.838. The van der Waals surface area contributed by atoms with Crippen molar-refractivity contribution < 1.29 is 4.79 Å². The molecular weight excluding hydrogens is 224 g/mol. The summed E-state index contributed by atoms with van der Waals surface area (Å²) >= 11 is 0. The van der Waals surface area contributed by atoms with E-state index in [4.69, 9.17) is 0 Å². The van der Waals surface area contributed by atoms with Crippen molar-refractivity contribution in [3.05, 3.63) is 23.0 Å². The molecule has 3 nitrogen and oxygen atoms in total. The predicted octanol–water partition coefficient (Wildman–Crippen LogP) is 2.79. The van der Waals surface area contributed by atoms with Crippen LogP contribution < -0.4 is 0 Å². The number of hydrogen-bond donors (Lipinski definition) is 0. The highest BCUT2D eigenvalue weighted by molar-refractivity contribution is 5.77. The van der Waals surface area contributed by atoms with E-state index < -0.39 is 0 Å². The predicted molar refractivity (Wildman–Crippen MR) is 74.2 cm³/mol. The molecule has 0 unspecified atom stereocenters. The molecule has 1 aromatic rings. The van der Waals surface area contributed by atoms with Gasteiger partial charge >= 0.3 is 0 Å². The first-order valence-electron chi connectivity index (χ1n) is 7.06. The van der Waals surface area contributed by atoms with E-state index in [2.05, 4.69) is 16.4 Å². The molecule has 0 saturated carbocycles. The summed E-state index contributed by atoms with van der Waals surface area (Å²) in [5, 5.41) is 0. The van der Waals surface area contributed by atoms with Gasteiger partial charge < -0.3 is 9.47 Å². The van der Waals surface area contributed by atoms with E-state index in [9.17, 15) is 4.79 Å². The van der Waals surface area contributed by atoms with E-state index >= 15 is 0 Å². The summed E-state index contributed by atoms with van der Waals surface area (Å²) in [4.78, 5) is 13.5. The lowest BCUT2D eigenvalue weighted by Crippen LogP contribution is -2.31. The van der Waals surface area contributed by atoms with Crippen molar-refractivity contribution in [3.8, 4) is 0 Å². The normalized spacial score (nSPS) is 17.0. The number of likely N-dealkylation sites (tertiary alicyclic amines) is 1. The molecule has 0 aliphatic carbocycles. The summed E-state index contributed by atoms with van der Waals surface area (Å²) in [5.74, 6) is 0. The van der Waals surface area contributed by atoms with Crippen LogP contribution in [0.5, 0.6) is 0 Å². The third-order valence-corrected chi connectivity index (χ3v) is 4.04. The smallest absolute Gasteiger partial charge is 0.151 e. The lowest BCUT2D eigenvalue weighted by molar-refractivity contribution is 0.112. The molecule has 0 bridgehead atoms. The Balaban J connectivity index is 1.86. The van der Waals surface area contributed by atoms with Crippen LogP contribution in [0.2, 0.25) is 0 Å². The third-order valence-electron chi connectivity index (χ3n) is 4.04. The van der Waals surface area contributed by atoms with E-state index in [0.717, 1.165) is 24.1 Å². The van der Waals surface area contributed by atoms with E-state index in [1.165, 1.54) is 51.0 Å². The van der Waals surface area contributed by atoms with E-state index in [1.54, 1.807) is 0 Å². The monoisotopic (exact) mass is 248 g/mol. The molecule has 1 saturated heterocycles. The number of rotatable bonds is 5. The fraction of sp³-hybridized carbons (Fsp3) is 0.667. The molecule has 100 valence electrons. The van der Waals surface area contributed by atoms with Crippen molar-refractivity contribution in [1.82, 2.24) is 9.47 Å². The fourth-order valence-electron chi connectivity index (χ4n) is 2.93. The summed E-state index contributed by atoms with van der Waals surface area (Å²) in [6, 6.07) is 1.99. The highest BCUT2D eigenvalue weighted by Crippen LogP contribution is 2.14. The molecule has 1 aromatic heterocycles. The van der Waals surface area contributed by atoms with Crippen LogP contribution in [0, 0.1) is 13.8 Å². The number of aromatic nitrogens is 1. The van der Waals surface area contributed by atoms with Gasteiger partial charge in [-0.2, -0.15) is 0 Å². The summed E-state index contributed by atoms with van der Waals surface area (Å²) in [5.41, 5.74) is 3.15. The van der Waals surface area contributed by atoms with Gasteiger partial charge in [-0.15, -0.1) is 0 Å². The van der Waals surface area contributed by atoms with Crippen LogP contribution in [0.4, 0.5) is 0 Å². The Labute approximate surface area is 110 Å². The summed E-state index contributed by atoms with van der Waals surface area (Å²) in [6.45, 7) is 8.88. The van der Waals surface area contributed by atoms with E-state index in [-0.39, 0.29) is 0 Å². The van der Waals surface area contributed by atoms with Crippen molar-refractivity contribution in [2.75, 3.05) is 19.6 Å². The second-order valence-electron chi connectivity index (χ2n) is 5.35. The minimum Gasteiger partial charge on any atom is -0.348 e. The second-order valence-corrected chi connectivity index (χ2v) is 5.35. The molecule has 0 amide bonds. The molecule has 0 atom stereocenters. The van der Waals surface area contributed by atoms with Gasteiger partial charge in [-0.1, -0.05) is 6.42 Å². The van der Waals surface area contributed by atoms with Gasteiger partial charge in [0.05, 0.1) is 0 Å². The van der Waals surface area contributed by atoms with Crippen LogP contribution in [0.3, 0.4) is 0 Å². The van der Waals surface area contributed by atoms with Gasteiger partial charge in [0.2, 0.25) is 0 Å². The average Bonchev–Trinajstić information content (AvgIpc) is 2.67. The highest BCUT2D eigenvalue weighted by Gasteiger charge is 2.11. The summed E-state index contributed by atoms with van der Waals surface area (Å²) < 4.78 is 2.27. The Bertz CT molecular complexity index is 403. The Morgan fingerprint density at radius 2 is 1.89 bits per heavy atom. The molecule has 3 heteroatoms. The zero-order valence-corrected chi connectivity index (χ0v) is 11.6. The average molecular weight is 248 g/mol. The molecule has 1 fully saturated rings. The zero-order valence-electron chi connectivity index (χ0n) is 11.6. The molecule has 0 spiro atoms. The molecule has 0 radical (unpaired) electrons. The second kappa shape index (κ2) is 6.19. The standard InChI is InChI=1S/C15H24N2O/c1-13-11-15(12-18)14(2)17(13)10-6-9-16-7-4-3-5-8-16/h11-12H,3-10H2,1-2H3. The Hall–Kier alpha value is -1.09. The number of aldehydes is 1. The van der Waals surface area contributed by atoms with E-state index in [0.29, 0.717) is 0 Å². The van der Waals surface area contributed by atoms with Gasteiger partial charge in [-0.3, -0.25) is 4.79 Å². The number of carbonyl (C=O) groups excluding carboxylic acids is 1. The first-order valence-corrected chi connectivity index (χ1v) is 7.06. The van der Waals surface area contributed by atoms with Crippen LogP contribution in [0.1, 0.15) is 47.4 Å². The largest absolute Gasteiger partial charge is 0.348 e. The summed E-state index contributed by atoms with van der Waals surface area (Å²) in [6.07, 6.45) is 6.25. The van der Waals surface area contributed by atoms with Crippen LogP contribution in [0.15, 0.2) is 6.07 Å². The van der Waals surface area contributed by atoms with Gasteiger partial charge in [-0.05, 0) is 58.8 Å². The lowest BCUT2D eigenvalue weighted by Gasteiger charge is -2.26. The van der Waals surface area contributed by atoms with Crippen LogP contribution in [-0.4, -0.2) is 35.4 Å².